The summed E-state index contributed by atoms with van der Waals surface area (Å²) >= 11 is 0. The lowest BCUT2D eigenvalue weighted by Crippen LogP contribution is -2.19. The number of fused-ring (bicyclic) bond motifs is 1. The highest BCUT2D eigenvalue weighted by molar-refractivity contribution is 5.78. The molecule has 0 bridgehead atoms. The lowest BCUT2D eigenvalue weighted by Gasteiger charge is -2.32. The molecule has 3 aliphatic carbocycles. The molecule has 0 N–H and O–H groups in total. The molecule has 0 heterocycles. The third kappa shape index (κ3) is 6.87. The lowest BCUT2D eigenvalue weighted by molar-refractivity contribution is 0.377. The molecule has 0 fully saturated rings. The number of allylic oxidation sites excluding steroid dienone is 8. The van der Waals surface area contributed by atoms with E-state index in [1.165, 1.54) is 70.2 Å². The quantitative estimate of drug-likeness (QED) is 0.338. The van der Waals surface area contributed by atoms with Gasteiger partial charge in [0.2, 0.25) is 0 Å². The van der Waals surface area contributed by atoms with Crippen LogP contribution in [0.15, 0.2) is 71.4 Å². The van der Waals surface area contributed by atoms with E-state index in [2.05, 4.69) is 117 Å². The van der Waals surface area contributed by atoms with Crippen LogP contribution in [-0.2, 0) is 6.42 Å². The van der Waals surface area contributed by atoms with Crippen LogP contribution in [0.5, 0.6) is 0 Å². The van der Waals surface area contributed by atoms with E-state index in [0.29, 0.717) is 17.3 Å². The third-order valence-corrected chi connectivity index (χ3v) is 8.03. The first-order valence-corrected chi connectivity index (χ1v) is 13.8. The van der Waals surface area contributed by atoms with Gasteiger partial charge in [-0.3, -0.25) is 0 Å². The molecular formula is C35H48. The monoisotopic (exact) mass is 468 g/mol. The van der Waals surface area contributed by atoms with Crippen LogP contribution >= 0.6 is 0 Å². The molecule has 35 heavy (non-hydrogen) atoms. The molecular weight excluding hydrogens is 420 g/mol. The Balaban J connectivity index is 1.64. The Hall–Kier alpha value is -2.34. The third-order valence-electron chi connectivity index (χ3n) is 8.03. The van der Waals surface area contributed by atoms with E-state index in [9.17, 15) is 0 Å². The smallest absolute Gasteiger partial charge is 0.0104 e. The van der Waals surface area contributed by atoms with Crippen LogP contribution in [0.25, 0.3) is 11.1 Å². The summed E-state index contributed by atoms with van der Waals surface area (Å²) < 4.78 is 0. The molecule has 1 unspecified atom stereocenters. The van der Waals surface area contributed by atoms with E-state index < -0.39 is 0 Å². The first-order chi connectivity index (χ1) is 16.5. The van der Waals surface area contributed by atoms with Gasteiger partial charge in [0, 0.05) is 0 Å². The SMILES string of the molecule is CC1=C(/C=C/C(C)=C/C=C/C(C)CCc2cc(C)c3cc(C(C)C)ccc(C)c2-3)C(C)(C)CCC1. The van der Waals surface area contributed by atoms with Crippen molar-refractivity contribution in [1.29, 1.82) is 0 Å². The minimum atomic E-state index is 0.304. The summed E-state index contributed by atoms with van der Waals surface area (Å²) in [6.07, 6.45) is 17.7. The van der Waals surface area contributed by atoms with Crippen molar-refractivity contribution in [3.05, 3.63) is 93.6 Å². The fourth-order valence-corrected chi connectivity index (χ4v) is 5.67. The topological polar surface area (TPSA) is 0 Å². The van der Waals surface area contributed by atoms with Crippen molar-refractivity contribution in [3.8, 4) is 11.1 Å². The molecule has 3 aliphatic rings. The van der Waals surface area contributed by atoms with Gasteiger partial charge in [-0.15, -0.1) is 0 Å². The van der Waals surface area contributed by atoms with Gasteiger partial charge in [-0.2, -0.15) is 0 Å². The second-order valence-corrected chi connectivity index (χ2v) is 12.0. The zero-order chi connectivity index (χ0) is 25.8. The van der Waals surface area contributed by atoms with Crippen molar-refractivity contribution in [3.63, 3.8) is 0 Å². The zero-order valence-corrected chi connectivity index (χ0v) is 23.9. The predicted octanol–water partition coefficient (Wildman–Crippen LogP) is 10.7. The molecule has 3 rings (SSSR count). The van der Waals surface area contributed by atoms with Gasteiger partial charge in [0.25, 0.3) is 0 Å². The van der Waals surface area contributed by atoms with Crippen LogP contribution in [0.1, 0.15) is 102 Å². The second-order valence-electron chi connectivity index (χ2n) is 12.0. The van der Waals surface area contributed by atoms with Crippen molar-refractivity contribution >= 4 is 0 Å². The highest BCUT2D eigenvalue weighted by Crippen LogP contribution is 2.41. The van der Waals surface area contributed by atoms with Crippen molar-refractivity contribution in [2.75, 3.05) is 0 Å². The van der Waals surface area contributed by atoms with Crippen LogP contribution < -0.4 is 0 Å². The van der Waals surface area contributed by atoms with E-state index in [-0.39, 0.29) is 0 Å². The Kier molecular flexibility index (Phi) is 9.03. The van der Waals surface area contributed by atoms with Gasteiger partial charge in [0.1, 0.15) is 0 Å². The summed E-state index contributed by atoms with van der Waals surface area (Å²) in [6.45, 7) is 20.7. The maximum Gasteiger partial charge on any atom is -0.0104 e. The van der Waals surface area contributed by atoms with Gasteiger partial charge >= 0.3 is 0 Å². The normalized spacial score (nSPS) is 17.9. The predicted molar refractivity (Wildman–Crippen MR) is 156 cm³/mol. The molecule has 0 aliphatic heterocycles. The Morgan fingerprint density at radius 3 is 2.46 bits per heavy atom. The molecule has 1 atom stereocenters. The molecule has 0 radical (unpaired) electrons. The fraction of sp³-hybridized carbons (Fsp3) is 0.486. The van der Waals surface area contributed by atoms with Crippen LogP contribution in [0, 0.1) is 25.2 Å². The van der Waals surface area contributed by atoms with E-state index in [0.717, 1.165) is 6.42 Å². The number of hydrogen-bond acceptors (Lipinski definition) is 0. The molecule has 0 saturated heterocycles. The highest BCUT2D eigenvalue weighted by atomic mass is 14.3. The van der Waals surface area contributed by atoms with E-state index >= 15 is 0 Å². The molecule has 0 heteroatoms. The molecule has 0 aromatic heterocycles. The summed E-state index contributed by atoms with van der Waals surface area (Å²) in [4.78, 5) is 0. The maximum atomic E-state index is 2.43. The summed E-state index contributed by atoms with van der Waals surface area (Å²) in [6, 6.07) is 9.47. The standard InChI is InChI=1S/C35H48/c1-24(2)30-19-17-28(6)34-31(22-29(7)32(34)23-30)18-15-25(3)12-10-13-26(4)16-20-33-27(5)14-11-21-35(33,8)9/h10,12-13,16-17,19-20,22-25H,11,14-15,18,21H2,1-9H3/b12-10+,20-16+,26-13+. The average molecular weight is 469 g/mol. The maximum absolute atomic E-state index is 2.43. The van der Waals surface area contributed by atoms with Crippen LogP contribution in [0.4, 0.5) is 0 Å². The lowest BCUT2D eigenvalue weighted by atomic mass is 9.72. The molecule has 0 saturated carbocycles. The van der Waals surface area contributed by atoms with E-state index in [1.807, 2.05) is 0 Å². The summed E-state index contributed by atoms with van der Waals surface area (Å²) in [5, 5.41) is 0. The summed E-state index contributed by atoms with van der Waals surface area (Å²) in [5.74, 6) is 1.11. The number of hydrogen-bond donors (Lipinski definition) is 0. The van der Waals surface area contributed by atoms with E-state index in [4.69, 9.17) is 0 Å². The van der Waals surface area contributed by atoms with Crippen molar-refractivity contribution in [2.24, 2.45) is 11.3 Å². The van der Waals surface area contributed by atoms with Crippen LogP contribution in [0.3, 0.4) is 0 Å². The second kappa shape index (κ2) is 11.6. The van der Waals surface area contributed by atoms with Gasteiger partial charge in [-0.05, 0) is 116 Å². The molecule has 0 amide bonds. The highest BCUT2D eigenvalue weighted by Gasteiger charge is 2.26. The van der Waals surface area contributed by atoms with Gasteiger partial charge in [-0.25, -0.2) is 0 Å². The van der Waals surface area contributed by atoms with Crippen molar-refractivity contribution in [1.82, 2.24) is 0 Å². The summed E-state index contributed by atoms with van der Waals surface area (Å²) in [7, 11) is 0. The number of rotatable bonds is 8. The van der Waals surface area contributed by atoms with Crippen LogP contribution in [-0.4, -0.2) is 0 Å². The van der Waals surface area contributed by atoms with Gasteiger partial charge in [0.15, 0.2) is 0 Å². The Bertz CT molecular complexity index is 1110. The molecule has 0 aromatic carbocycles. The fourth-order valence-electron chi connectivity index (χ4n) is 5.67. The first kappa shape index (κ1) is 27.3. The van der Waals surface area contributed by atoms with E-state index in [1.54, 1.807) is 5.57 Å². The Labute approximate surface area is 216 Å². The molecule has 188 valence electrons. The Morgan fingerprint density at radius 2 is 1.77 bits per heavy atom. The van der Waals surface area contributed by atoms with Gasteiger partial charge in [-0.1, -0.05) is 100 Å². The van der Waals surface area contributed by atoms with Gasteiger partial charge < -0.3 is 0 Å². The minimum Gasteiger partial charge on any atom is -0.0817 e. The van der Waals surface area contributed by atoms with Gasteiger partial charge in [0.05, 0.1) is 0 Å². The van der Waals surface area contributed by atoms with Crippen LogP contribution in [0.2, 0.25) is 0 Å². The van der Waals surface area contributed by atoms with Crippen molar-refractivity contribution < 1.29 is 0 Å². The average Bonchev–Trinajstić information content (AvgIpc) is 2.96. The summed E-state index contributed by atoms with van der Waals surface area (Å²) in [5.41, 5.74) is 13.4. The first-order valence-electron chi connectivity index (χ1n) is 13.8. The molecule has 0 spiro atoms. The molecule has 0 aromatic rings. The molecule has 0 nitrogen and oxygen atoms in total. The zero-order valence-electron chi connectivity index (χ0n) is 23.9. The van der Waals surface area contributed by atoms with Crippen molar-refractivity contribution in [2.45, 2.75) is 100 Å². The largest absolute Gasteiger partial charge is 0.0817 e. The Morgan fingerprint density at radius 1 is 1.03 bits per heavy atom. The minimum absolute atomic E-state index is 0.304. The number of aryl methyl sites for hydroxylation is 3.